The average molecular weight is 749 g/mol. The van der Waals surface area contributed by atoms with Gasteiger partial charge in [0.2, 0.25) is 5.95 Å². The minimum atomic E-state index is -2.64. The monoisotopic (exact) mass is 748 g/mol. The fraction of sp³-hybridized carbons (Fsp3) is 0.538. The molecule has 14 heteroatoms. The second-order valence-electron chi connectivity index (χ2n) is 15.5. The number of rotatable bonds is 11. The fourth-order valence-corrected chi connectivity index (χ4v) is 8.02. The van der Waals surface area contributed by atoms with E-state index in [1.807, 2.05) is 63.8 Å². The topological polar surface area (TPSA) is 141 Å². The Bertz CT molecular complexity index is 1810. The van der Waals surface area contributed by atoms with E-state index in [0.29, 0.717) is 47.4 Å². The molecule has 0 saturated carbocycles. The second kappa shape index (κ2) is 16.8. The third kappa shape index (κ3) is 10.2. The Morgan fingerprint density at radius 1 is 0.981 bits per heavy atom. The van der Waals surface area contributed by atoms with Crippen LogP contribution in [0.5, 0.6) is 5.75 Å². The lowest BCUT2D eigenvalue weighted by Crippen LogP contribution is -2.55. The summed E-state index contributed by atoms with van der Waals surface area (Å²) in [5.41, 5.74) is 3.42. The highest BCUT2D eigenvalue weighted by Gasteiger charge is 2.31. The molecule has 2 aliphatic rings. The van der Waals surface area contributed by atoms with E-state index in [2.05, 4.69) is 49.8 Å². The summed E-state index contributed by atoms with van der Waals surface area (Å²) in [5, 5.41) is 10.2. The SMILES string of the molecule is CCc1cc(Nc2ncc(C(=O)NC(C)C)c(Nc3ccccc3P(C)(C)=O)n2)c(OC)cc1N1CCC(N2CCN(C(=O)OC(C)(C)C)CC2)CC1. The quantitative estimate of drug-likeness (QED) is 0.187. The second-order valence-corrected chi connectivity index (χ2v) is 18.6. The predicted octanol–water partition coefficient (Wildman–Crippen LogP) is 6.44. The van der Waals surface area contributed by atoms with Crippen LogP contribution in [0.4, 0.5) is 33.6 Å². The van der Waals surface area contributed by atoms with Crippen molar-refractivity contribution in [3.63, 3.8) is 0 Å². The maximum absolute atomic E-state index is 13.2. The lowest BCUT2D eigenvalue weighted by atomic mass is 9.99. The van der Waals surface area contributed by atoms with Crippen molar-refractivity contribution in [3.05, 3.63) is 53.7 Å². The van der Waals surface area contributed by atoms with Gasteiger partial charge < -0.3 is 39.8 Å². The number of benzene rings is 2. The molecule has 0 radical (unpaired) electrons. The Kier molecular flexibility index (Phi) is 12.6. The number of methoxy groups -OCH3 is 1. The fourth-order valence-electron chi connectivity index (χ4n) is 6.87. The number of aryl methyl sites for hydroxylation is 1. The molecule has 2 aliphatic heterocycles. The van der Waals surface area contributed by atoms with Gasteiger partial charge in [-0.3, -0.25) is 9.69 Å². The van der Waals surface area contributed by atoms with E-state index < -0.39 is 12.7 Å². The van der Waals surface area contributed by atoms with Gasteiger partial charge in [0.1, 0.15) is 29.9 Å². The molecule has 53 heavy (non-hydrogen) atoms. The number of para-hydroxylation sites is 1. The van der Waals surface area contributed by atoms with Crippen molar-refractivity contribution in [2.45, 2.75) is 78.5 Å². The van der Waals surface area contributed by atoms with E-state index in [9.17, 15) is 14.2 Å². The Balaban J connectivity index is 1.32. The lowest BCUT2D eigenvalue weighted by molar-refractivity contribution is 0.00900. The molecule has 288 valence electrons. The Labute approximate surface area is 314 Å². The smallest absolute Gasteiger partial charge is 0.410 e. The van der Waals surface area contributed by atoms with Crippen molar-refractivity contribution < 1.29 is 23.6 Å². The van der Waals surface area contributed by atoms with Gasteiger partial charge >= 0.3 is 6.09 Å². The molecule has 0 bridgehead atoms. The summed E-state index contributed by atoms with van der Waals surface area (Å²) in [4.78, 5) is 41.9. The van der Waals surface area contributed by atoms with Gasteiger partial charge in [0, 0.05) is 74.6 Å². The standard InChI is InChI=1S/C39H57N8O5P/c1-10-27-23-31(43-37-40-25-29(36(48)41-26(2)3)35(44-37)42-30-13-11-12-14-34(30)53(8,9)50)33(51-7)24-32(27)46-17-15-28(16-18-46)45-19-21-47(22-20-45)38(49)52-39(4,5)6/h11-14,23-26,28H,10,15-22H2,1-9H3,(H,41,48)(H2,40,42,43,44). The van der Waals surface area contributed by atoms with E-state index in [-0.39, 0.29) is 29.6 Å². The highest BCUT2D eigenvalue weighted by molar-refractivity contribution is 7.70. The molecule has 0 spiro atoms. The molecule has 0 aliphatic carbocycles. The van der Waals surface area contributed by atoms with Crippen molar-refractivity contribution in [1.82, 2.24) is 25.1 Å². The van der Waals surface area contributed by atoms with Crippen LogP contribution in [0.2, 0.25) is 0 Å². The number of ether oxygens (including phenoxy) is 2. The van der Waals surface area contributed by atoms with Crippen molar-refractivity contribution in [3.8, 4) is 5.75 Å². The van der Waals surface area contributed by atoms with Gasteiger partial charge in [0.15, 0.2) is 0 Å². The van der Waals surface area contributed by atoms with Gasteiger partial charge in [-0.1, -0.05) is 19.1 Å². The number of nitrogens with zero attached hydrogens (tertiary/aromatic N) is 5. The van der Waals surface area contributed by atoms with Crippen molar-refractivity contribution >= 4 is 53.3 Å². The van der Waals surface area contributed by atoms with Gasteiger partial charge in [0.25, 0.3) is 5.91 Å². The van der Waals surface area contributed by atoms with E-state index in [0.717, 1.165) is 51.1 Å². The number of carbonyl (C=O) groups excluding carboxylic acids is 2. The zero-order valence-corrected chi connectivity index (χ0v) is 33.7. The largest absolute Gasteiger partial charge is 0.494 e. The lowest BCUT2D eigenvalue weighted by Gasteiger charge is -2.43. The maximum atomic E-state index is 13.2. The molecule has 2 saturated heterocycles. The van der Waals surface area contributed by atoms with E-state index in [4.69, 9.17) is 14.5 Å². The summed E-state index contributed by atoms with van der Waals surface area (Å²) >= 11 is 0. The summed E-state index contributed by atoms with van der Waals surface area (Å²) < 4.78 is 24.6. The van der Waals surface area contributed by atoms with Gasteiger partial charge in [0.05, 0.1) is 18.5 Å². The number of nitrogens with one attached hydrogen (secondary N) is 3. The van der Waals surface area contributed by atoms with Gasteiger partial charge in [-0.2, -0.15) is 4.98 Å². The van der Waals surface area contributed by atoms with Crippen LogP contribution in [0.25, 0.3) is 0 Å². The molecule has 13 nitrogen and oxygen atoms in total. The number of hydrogen-bond donors (Lipinski definition) is 3. The maximum Gasteiger partial charge on any atom is 0.410 e. The molecule has 1 aromatic heterocycles. The third-order valence-corrected chi connectivity index (χ3v) is 11.1. The zero-order valence-electron chi connectivity index (χ0n) is 32.8. The molecule has 3 aromatic rings. The van der Waals surface area contributed by atoms with Gasteiger partial charge in [-0.15, -0.1) is 0 Å². The van der Waals surface area contributed by atoms with Crippen molar-refractivity contribution in [2.75, 3.05) is 75.2 Å². The molecule has 3 heterocycles. The zero-order chi connectivity index (χ0) is 38.5. The predicted molar refractivity (Wildman–Crippen MR) is 214 cm³/mol. The van der Waals surface area contributed by atoms with Crippen LogP contribution in [0, 0.1) is 0 Å². The van der Waals surface area contributed by atoms with Crippen LogP contribution < -0.4 is 30.9 Å². The first kappa shape index (κ1) is 39.8. The molecule has 2 fully saturated rings. The van der Waals surface area contributed by atoms with Gasteiger partial charge in [-0.05, 0) is 91.0 Å². The molecular weight excluding hydrogens is 691 g/mol. The number of aromatic nitrogens is 2. The Morgan fingerprint density at radius 2 is 1.66 bits per heavy atom. The van der Waals surface area contributed by atoms with Crippen molar-refractivity contribution in [2.24, 2.45) is 0 Å². The van der Waals surface area contributed by atoms with Gasteiger partial charge in [-0.25, -0.2) is 9.78 Å². The molecule has 2 amide bonds. The molecule has 5 rings (SSSR count). The number of hydrogen-bond acceptors (Lipinski definition) is 11. The molecule has 3 N–H and O–H groups in total. The van der Waals surface area contributed by atoms with Crippen LogP contribution in [0.15, 0.2) is 42.6 Å². The summed E-state index contributed by atoms with van der Waals surface area (Å²) in [6.45, 7) is 20.0. The summed E-state index contributed by atoms with van der Waals surface area (Å²) in [7, 11) is -0.992. The van der Waals surface area contributed by atoms with E-state index in [1.54, 1.807) is 20.4 Å². The highest BCUT2D eigenvalue weighted by Crippen LogP contribution is 2.39. The third-order valence-electron chi connectivity index (χ3n) is 9.51. The molecule has 2 aromatic carbocycles. The summed E-state index contributed by atoms with van der Waals surface area (Å²) in [5.74, 6) is 0.912. The summed E-state index contributed by atoms with van der Waals surface area (Å²) in [6.07, 6.45) is 4.15. The van der Waals surface area contributed by atoms with Crippen molar-refractivity contribution in [1.29, 1.82) is 0 Å². The minimum absolute atomic E-state index is 0.0884. The first-order chi connectivity index (χ1) is 25.1. The number of amides is 2. The normalized spacial score (nSPS) is 16.0. The first-order valence-electron chi connectivity index (χ1n) is 18.6. The van der Waals surface area contributed by atoms with Crippen LogP contribution in [-0.4, -0.2) is 109 Å². The summed E-state index contributed by atoms with van der Waals surface area (Å²) in [6, 6.07) is 11.9. The Hall–Kier alpha value is -4.35. The molecular formula is C39H57N8O5P. The average Bonchev–Trinajstić information content (AvgIpc) is 3.10. The van der Waals surface area contributed by atoms with Crippen LogP contribution in [0.1, 0.15) is 70.3 Å². The number of piperazine rings is 1. The van der Waals surface area contributed by atoms with Crippen LogP contribution >= 0.6 is 7.14 Å². The molecule has 0 unspecified atom stereocenters. The first-order valence-corrected chi connectivity index (χ1v) is 21.2. The Morgan fingerprint density at radius 3 is 2.26 bits per heavy atom. The minimum Gasteiger partial charge on any atom is -0.494 e. The number of anilines is 5. The van der Waals surface area contributed by atoms with E-state index >= 15 is 0 Å². The number of piperidine rings is 1. The van der Waals surface area contributed by atoms with E-state index in [1.165, 1.54) is 11.8 Å². The van der Waals surface area contributed by atoms with Crippen LogP contribution in [-0.2, 0) is 15.7 Å². The highest BCUT2D eigenvalue weighted by atomic mass is 31.2. The molecule has 0 atom stereocenters. The van der Waals surface area contributed by atoms with Crippen LogP contribution in [0.3, 0.4) is 0 Å². The number of carbonyl (C=O) groups is 2.